The lowest BCUT2D eigenvalue weighted by molar-refractivity contribution is -0.113. The maximum absolute atomic E-state index is 12.4. The average Bonchev–Trinajstić information content (AvgIpc) is 3.20. The topological polar surface area (TPSA) is 64.7 Å². The van der Waals surface area contributed by atoms with Gasteiger partial charge in [0.15, 0.2) is 5.16 Å². The van der Waals surface area contributed by atoms with E-state index in [0.29, 0.717) is 5.92 Å². The van der Waals surface area contributed by atoms with Gasteiger partial charge in [0.25, 0.3) is 0 Å². The molecule has 0 aliphatic rings. The average molecular weight is 384 g/mol. The number of aromatic nitrogens is 4. The summed E-state index contributed by atoms with van der Waals surface area (Å²) in [7, 11) is 1.87. The Hall–Kier alpha value is -2.54. The van der Waals surface area contributed by atoms with Crippen molar-refractivity contribution < 1.29 is 4.79 Å². The molecular weight excluding hydrogens is 358 g/mol. The molecule has 1 N–H and O–H groups in total. The van der Waals surface area contributed by atoms with Gasteiger partial charge in [-0.05, 0) is 31.4 Å². The third-order valence-electron chi connectivity index (χ3n) is 4.53. The van der Waals surface area contributed by atoms with Crippen molar-refractivity contribution in [1.82, 2.24) is 19.3 Å². The molecule has 3 aromatic rings. The zero-order valence-electron chi connectivity index (χ0n) is 16.4. The van der Waals surface area contributed by atoms with Crippen LogP contribution in [-0.2, 0) is 11.8 Å². The van der Waals surface area contributed by atoms with Gasteiger partial charge in [0, 0.05) is 19.4 Å². The minimum atomic E-state index is -0.0640. The van der Waals surface area contributed by atoms with Crippen LogP contribution >= 0.6 is 11.8 Å². The van der Waals surface area contributed by atoms with E-state index in [9.17, 15) is 4.79 Å². The number of aryl methyl sites for hydroxylation is 2. The Kier molecular flexibility index (Phi) is 5.70. The summed E-state index contributed by atoms with van der Waals surface area (Å²) in [6, 6.07) is 8.30. The standard InChI is InChI=1S/C20H25N5OS/c1-13(2)16-8-6-7-9-17(16)25-11-10-21-20(25)27-12-18(26)22-19-14(3)23-24(5)15(19)4/h6-11,13H,12H2,1-5H3,(H,22,26). The number of hydrogen-bond acceptors (Lipinski definition) is 4. The van der Waals surface area contributed by atoms with Crippen LogP contribution in [0.5, 0.6) is 0 Å². The van der Waals surface area contributed by atoms with E-state index in [1.807, 2.05) is 37.7 Å². The van der Waals surface area contributed by atoms with Crippen LogP contribution in [0.15, 0.2) is 41.8 Å². The molecule has 27 heavy (non-hydrogen) atoms. The Morgan fingerprint density at radius 2 is 2.00 bits per heavy atom. The summed E-state index contributed by atoms with van der Waals surface area (Å²) in [5.41, 5.74) is 4.91. The van der Waals surface area contributed by atoms with E-state index in [0.717, 1.165) is 27.9 Å². The molecule has 142 valence electrons. The molecule has 0 fully saturated rings. The number of benzene rings is 1. The molecule has 0 spiro atoms. The van der Waals surface area contributed by atoms with Crippen LogP contribution in [0.2, 0.25) is 0 Å². The SMILES string of the molecule is Cc1nn(C)c(C)c1NC(=O)CSc1nccn1-c1ccccc1C(C)C. The monoisotopic (exact) mass is 383 g/mol. The lowest BCUT2D eigenvalue weighted by Crippen LogP contribution is -2.15. The van der Waals surface area contributed by atoms with Gasteiger partial charge in [-0.15, -0.1) is 0 Å². The highest BCUT2D eigenvalue weighted by atomic mass is 32.2. The first kappa shape index (κ1) is 19.2. The predicted octanol–water partition coefficient (Wildman–Crippen LogP) is 4.08. The number of hydrogen-bond donors (Lipinski definition) is 1. The number of thioether (sulfide) groups is 1. The molecule has 0 bridgehead atoms. The van der Waals surface area contributed by atoms with Crippen LogP contribution in [0, 0.1) is 13.8 Å². The van der Waals surface area contributed by atoms with Crippen LogP contribution in [0.1, 0.15) is 36.7 Å². The van der Waals surface area contributed by atoms with Crippen molar-refractivity contribution >= 4 is 23.4 Å². The molecule has 6 nitrogen and oxygen atoms in total. The van der Waals surface area contributed by atoms with Crippen molar-refractivity contribution in [1.29, 1.82) is 0 Å². The van der Waals surface area contributed by atoms with E-state index in [4.69, 9.17) is 0 Å². The van der Waals surface area contributed by atoms with Gasteiger partial charge in [0.1, 0.15) is 0 Å². The van der Waals surface area contributed by atoms with Crippen LogP contribution in [-0.4, -0.2) is 31.0 Å². The van der Waals surface area contributed by atoms with Gasteiger partial charge >= 0.3 is 0 Å². The Bertz CT molecular complexity index is 957. The van der Waals surface area contributed by atoms with E-state index in [2.05, 4.69) is 47.4 Å². The van der Waals surface area contributed by atoms with Gasteiger partial charge < -0.3 is 5.32 Å². The molecule has 0 saturated heterocycles. The Morgan fingerprint density at radius 3 is 2.67 bits per heavy atom. The number of para-hydroxylation sites is 1. The fourth-order valence-electron chi connectivity index (χ4n) is 3.04. The molecule has 0 saturated carbocycles. The second-order valence-corrected chi connectivity index (χ2v) is 7.74. The third-order valence-corrected chi connectivity index (χ3v) is 5.50. The number of carbonyl (C=O) groups is 1. The van der Waals surface area contributed by atoms with E-state index < -0.39 is 0 Å². The van der Waals surface area contributed by atoms with Crippen LogP contribution in [0.3, 0.4) is 0 Å². The van der Waals surface area contributed by atoms with Crippen LogP contribution in [0.4, 0.5) is 5.69 Å². The summed E-state index contributed by atoms with van der Waals surface area (Å²) in [5, 5.41) is 8.11. The second-order valence-electron chi connectivity index (χ2n) is 6.80. The smallest absolute Gasteiger partial charge is 0.234 e. The molecule has 1 aromatic carbocycles. The number of rotatable bonds is 6. The number of amides is 1. The molecule has 1 amide bonds. The minimum Gasteiger partial charge on any atom is -0.322 e. The first-order valence-electron chi connectivity index (χ1n) is 8.94. The van der Waals surface area contributed by atoms with Gasteiger partial charge in [-0.2, -0.15) is 5.10 Å². The molecule has 0 aliphatic carbocycles. The molecule has 0 atom stereocenters. The molecule has 2 heterocycles. The fourth-order valence-corrected chi connectivity index (χ4v) is 3.80. The maximum Gasteiger partial charge on any atom is 0.234 e. The molecule has 0 unspecified atom stereocenters. The van der Waals surface area contributed by atoms with Gasteiger partial charge in [0.05, 0.1) is 28.5 Å². The van der Waals surface area contributed by atoms with Gasteiger partial charge in [0.2, 0.25) is 5.91 Å². The normalized spacial score (nSPS) is 11.2. The number of nitrogens with one attached hydrogen (secondary N) is 1. The highest BCUT2D eigenvalue weighted by molar-refractivity contribution is 7.99. The van der Waals surface area contributed by atoms with Crippen LogP contribution < -0.4 is 5.32 Å². The quantitative estimate of drug-likeness (QED) is 0.652. The first-order valence-corrected chi connectivity index (χ1v) is 9.92. The van der Waals surface area contributed by atoms with Crippen LogP contribution in [0.25, 0.3) is 5.69 Å². The molecule has 3 rings (SSSR count). The number of imidazole rings is 1. The summed E-state index contributed by atoms with van der Waals surface area (Å²) in [5.74, 6) is 0.626. The molecule has 0 aliphatic heterocycles. The summed E-state index contributed by atoms with van der Waals surface area (Å²) in [6.07, 6.45) is 3.71. The maximum atomic E-state index is 12.4. The van der Waals surface area contributed by atoms with Gasteiger partial charge in [-0.25, -0.2) is 4.98 Å². The van der Waals surface area contributed by atoms with Crippen molar-refractivity contribution in [3.63, 3.8) is 0 Å². The number of anilines is 1. The highest BCUT2D eigenvalue weighted by Crippen LogP contribution is 2.27. The first-order chi connectivity index (χ1) is 12.9. The minimum absolute atomic E-state index is 0.0640. The van der Waals surface area contributed by atoms with Crippen molar-refractivity contribution in [3.8, 4) is 5.69 Å². The van der Waals surface area contributed by atoms with E-state index in [1.165, 1.54) is 17.3 Å². The lowest BCUT2D eigenvalue weighted by Gasteiger charge is -2.15. The van der Waals surface area contributed by atoms with Gasteiger partial charge in [-0.1, -0.05) is 43.8 Å². The highest BCUT2D eigenvalue weighted by Gasteiger charge is 2.15. The summed E-state index contributed by atoms with van der Waals surface area (Å²) in [6.45, 7) is 8.19. The zero-order valence-corrected chi connectivity index (χ0v) is 17.2. The van der Waals surface area contributed by atoms with E-state index in [1.54, 1.807) is 10.9 Å². The summed E-state index contributed by atoms with van der Waals surface area (Å²) >= 11 is 1.43. The Labute approximate surface area is 164 Å². The van der Waals surface area contributed by atoms with Crippen molar-refractivity contribution in [2.45, 2.75) is 38.8 Å². The molecular formula is C20H25N5OS. The Morgan fingerprint density at radius 1 is 1.26 bits per heavy atom. The van der Waals surface area contributed by atoms with Crippen molar-refractivity contribution in [2.75, 3.05) is 11.1 Å². The lowest BCUT2D eigenvalue weighted by atomic mass is 10.0. The van der Waals surface area contributed by atoms with Crippen molar-refractivity contribution in [3.05, 3.63) is 53.6 Å². The Balaban J connectivity index is 1.73. The molecule has 7 heteroatoms. The summed E-state index contributed by atoms with van der Waals surface area (Å²) < 4.78 is 3.82. The third kappa shape index (κ3) is 4.08. The van der Waals surface area contributed by atoms with Gasteiger partial charge in [-0.3, -0.25) is 14.0 Å². The molecule has 2 aromatic heterocycles. The van der Waals surface area contributed by atoms with Crippen molar-refractivity contribution in [2.24, 2.45) is 7.05 Å². The predicted molar refractivity (Wildman–Crippen MR) is 110 cm³/mol. The largest absolute Gasteiger partial charge is 0.322 e. The van der Waals surface area contributed by atoms with E-state index in [-0.39, 0.29) is 11.7 Å². The zero-order chi connectivity index (χ0) is 19.6. The van der Waals surface area contributed by atoms with E-state index >= 15 is 0 Å². The fraction of sp³-hybridized carbons (Fsp3) is 0.350. The summed E-state index contributed by atoms with van der Waals surface area (Å²) in [4.78, 5) is 16.9. The second kappa shape index (κ2) is 8.00. The number of nitrogens with zero attached hydrogens (tertiary/aromatic N) is 4. The molecule has 0 radical (unpaired) electrons. The number of carbonyl (C=O) groups excluding carboxylic acids is 1.